The lowest BCUT2D eigenvalue weighted by Crippen LogP contribution is -1.97. The van der Waals surface area contributed by atoms with Crippen molar-refractivity contribution in [2.45, 2.75) is 39.0 Å². The number of rotatable bonds is 9. The fourth-order valence-corrected chi connectivity index (χ4v) is 2.90. The van der Waals surface area contributed by atoms with Crippen molar-refractivity contribution in [2.75, 3.05) is 12.3 Å². The second kappa shape index (κ2) is 9.09. The number of unbranched alkanes of at least 4 members (excludes halogenated alkanes) is 4. The van der Waals surface area contributed by atoms with Crippen molar-refractivity contribution in [3.05, 3.63) is 54.6 Å². The van der Waals surface area contributed by atoms with E-state index in [0.29, 0.717) is 0 Å². The minimum Gasteiger partial charge on any atom is -0.494 e. The van der Waals surface area contributed by atoms with E-state index in [9.17, 15) is 0 Å². The average Bonchev–Trinajstić information content (AvgIpc) is 3.16. The second-order valence-electron chi connectivity index (χ2n) is 6.58. The highest BCUT2D eigenvalue weighted by atomic mass is 16.5. The number of nitrogen functional groups attached to an aromatic ring is 1. The van der Waals surface area contributed by atoms with Crippen LogP contribution in [0.15, 0.2) is 54.6 Å². The van der Waals surface area contributed by atoms with Crippen molar-refractivity contribution in [1.82, 2.24) is 10.2 Å². The van der Waals surface area contributed by atoms with Crippen molar-refractivity contribution < 1.29 is 4.74 Å². The molecule has 4 heteroatoms. The summed E-state index contributed by atoms with van der Waals surface area (Å²) in [7, 11) is 0. The van der Waals surface area contributed by atoms with E-state index in [2.05, 4.69) is 35.3 Å². The predicted octanol–water partition coefficient (Wildman–Crippen LogP) is 5.68. The molecule has 0 aliphatic carbocycles. The Morgan fingerprint density at radius 2 is 1.58 bits per heavy atom. The largest absolute Gasteiger partial charge is 0.494 e. The highest BCUT2D eigenvalue weighted by Gasteiger charge is 2.06. The van der Waals surface area contributed by atoms with E-state index in [4.69, 9.17) is 10.5 Å². The number of nitrogens with one attached hydrogen (secondary N) is 1. The molecule has 1 aromatic heterocycles. The third-order valence-corrected chi connectivity index (χ3v) is 4.47. The van der Waals surface area contributed by atoms with Gasteiger partial charge in [0.05, 0.1) is 18.0 Å². The lowest BCUT2D eigenvalue weighted by molar-refractivity contribution is 0.304. The zero-order valence-electron chi connectivity index (χ0n) is 15.4. The van der Waals surface area contributed by atoms with Crippen molar-refractivity contribution in [1.29, 1.82) is 0 Å². The first-order valence-corrected chi connectivity index (χ1v) is 9.41. The van der Waals surface area contributed by atoms with Gasteiger partial charge in [-0.1, -0.05) is 44.7 Å². The summed E-state index contributed by atoms with van der Waals surface area (Å²) in [6.07, 6.45) is 6.25. The van der Waals surface area contributed by atoms with Gasteiger partial charge in [-0.2, -0.15) is 5.10 Å². The summed E-state index contributed by atoms with van der Waals surface area (Å²) in [6, 6.07) is 17.9. The number of aromatic amines is 1. The number of nitrogens with zero attached hydrogens (tertiary/aromatic N) is 1. The van der Waals surface area contributed by atoms with Gasteiger partial charge in [0.2, 0.25) is 0 Å². The molecule has 3 rings (SSSR count). The van der Waals surface area contributed by atoms with E-state index in [0.717, 1.165) is 47.0 Å². The molecule has 0 radical (unpaired) electrons. The predicted molar refractivity (Wildman–Crippen MR) is 108 cm³/mol. The van der Waals surface area contributed by atoms with Crippen molar-refractivity contribution in [2.24, 2.45) is 0 Å². The summed E-state index contributed by atoms with van der Waals surface area (Å²) < 4.78 is 5.82. The quantitative estimate of drug-likeness (QED) is 0.386. The highest BCUT2D eigenvalue weighted by Crippen LogP contribution is 2.26. The molecule has 2 aromatic carbocycles. The summed E-state index contributed by atoms with van der Waals surface area (Å²) >= 11 is 0. The zero-order valence-corrected chi connectivity index (χ0v) is 15.4. The number of aromatic nitrogens is 2. The minimum absolute atomic E-state index is 0.759. The molecule has 1 heterocycles. The minimum atomic E-state index is 0.759. The van der Waals surface area contributed by atoms with Crippen LogP contribution in [0.25, 0.3) is 22.5 Å². The maximum Gasteiger partial charge on any atom is 0.119 e. The van der Waals surface area contributed by atoms with Gasteiger partial charge in [-0.3, -0.25) is 5.10 Å². The number of ether oxygens (including phenoxy) is 1. The average molecular weight is 349 g/mol. The van der Waals surface area contributed by atoms with Crippen LogP contribution in [0.2, 0.25) is 0 Å². The Hall–Kier alpha value is -2.75. The lowest BCUT2D eigenvalue weighted by atomic mass is 10.1. The lowest BCUT2D eigenvalue weighted by Gasteiger charge is -2.06. The molecule has 3 aromatic rings. The molecule has 4 nitrogen and oxygen atoms in total. The molecule has 0 unspecified atom stereocenters. The molecular weight excluding hydrogens is 322 g/mol. The molecular formula is C22H27N3O. The van der Waals surface area contributed by atoms with Crippen LogP contribution in [0, 0.1) is 0 Å². The first kappa shape index (κ1) is 18.1. The Labute approximate surface area is 155 Å². The number of nitrogens with two attached hydrogens (primary N) is 1. The number of H-pyrrole nitrogens is 1. The second-order valence-corrected chi connectivity index (χ2v) is 6.58. The summed E-state index contributed by atoms with van der Waals surface area (Å²) in [5.74, 6) is 0.915. The van der Waals surface area contributed by atoms with E-state index in [1.54, 1.807) is 0 Å². The zero-order chi connectivity index (χ0) is 18.2. The van der Waals surface area contributed by atoms with Gasteiger partial charge in [0, 0.05) is 11.3 Å². The van der Waals surface area contributed by atoms with E-state index in [1.165, 1.54) is 25.7 Å². The van der Waals surface area contributed by atoms with Crippen LogP contribution in [-0.2, 0) is 0 Å². The monoisotopic (exact) mass is 349 g/mol. The van der Waals surface area contributed by atoms with Gasteiger partial charge in [-0.25, -0.2) is 0 Å². The Morgan fingerprint density at radius 3 is 2.31 bits per heavy atom. The first-order valence-electron chi connectivity index (χ1n) is 9.41. The van der Waals surface area contributed by atoms with E-state index < -0.39 is 0 Å². The molecule has 0 saturated heterocycles. The standard InChI is InChI=1S/C22H27N3O/c1-2-3-4-5-6-15-26-20-13-9-18(10-14-20)22-16-21(24-25-22)17-7-11-19(23)12-8-17/h7-14,16H,2-6,15,23H2,1H3,(H,24,25). The summed E-state index contributed by atoms with van der Waals surface area (Å²) in [6.45, 7) is 3.02. The Kier molecular flexibility index (Phi) is 6.31. The summed E-state index contributed by atoms with van der Waals surface area (Å²) in [5.41, 5.74) is 10.5. The topological polar surface area (TPSA) is 63.9 Å². The maximum absolute atomic E-state index is 5.82. The SMILES string of the molecule is CCCCCCCOc1ccc(-c2cc(-c3ccc(N)cc3)[nH]n2)cc1. The van der Waals surface area contributed by atoms with Gasteiger partial charge in [0.15, 0.2) is 0 Å². The number of benzene rings is 2. The Bertz CT molecular complexity index is 791. The number of hydrogen-bond donors (Lipinski definition) is 2. The fourth-order valence-electron chi connectivity index (χ4n) is 2.90. The highest BCUT2D eigenvalue weighted by molar-refractivity contribution is 5.69. The third-order valence-electron chi connectivity index (χ3n) is 4.47. The Morgan fingerprint density at radius 1 is 0.885 bits per heavy atom. The van der Waals surface area contributed by atoms with Gasteiger partial charge < -0.3 is 10.5 Å². The Balaban J connectivity index is 1.56. The van der Waals surface area contributed by atoms with Crippen LogP contribution in [0.3, 0.4) is 0 Å². The molecule has 0 fully saturated rings. The normalized spacial score (nSPS) is 10.8. The summed E-state index contributed by atoms with van der Waals surface area (Å²) in [5, 5.41) is 7.51. The van der Waals surface area contributed by atoms with Crippen LogP contribution < -0.4 is 10.5 Å². The van der Waals surface area contributed by atoms with Crippen molar-refractivity contribution >= 4 is 5.69 Å². The number of hydrogen-bond acceptors (Lipinski definition) is 3. The van der Waals surface area contributed by atoms with Gasteiger partial charge in [-0.05, 0) is 54.4 Å². The molecule has 26 heavy (non-hydrogen) atoms. The van der Waals surface area contributed by atoms with Crippen LogP contribution in [0.1, 0.15) is 39.0 Å². The van der Waals surface area contributed by atoms with Gasteiger partial charge in [0.1, 0.15) is 5.75 Å². The summed E-state index contributed by atoms with van der Waals surface area (Å²) in [4.78, 5) is 0. The molecule has 0 aliphatic heterocycles. The molecule has 0 aliphatic rings. The number of anilines is 1. The fraction of sp³-hybridized carbons (Fsp3) is 0.318. The van der Waals surface area contributed by atoms with E-state index in [-0.39, 0.29) is 0 Å². The van der Waals surface area contributed by atoms with Gasteiger partial charge in [-0.15, -0.1) is 0 Å². The molecule has 0 bridgehead atoms. The van der Waals surface area contributed by atoms with E-state index >= 15 is 0 Å². The molecule has 0 saturated carbocycles. The molecule has 136 valence electrons. The van der Waals surface area contributed by atoms with Crippen LogP contribution >= 0.6 is 0 Å². The third kappa shape index (κ3) is 4.88. The molecule has 3 N–H and O–H groups in total. The maximum atomic E-state index is 5.82. The molecule has 0 spiro atoms. The molecule has 0 amide bonds. The van der Waals surface area contributed by atoms with E-state index in [1.807, 2.05) is 36.4 Å². The van der Waals surface area contributed by atoms with Crippen LogP contribution in [-0.4, -0.2) is 16.8 Å². The van der Waals surface area contributed by atoms with Crippen molar-refractivity contribution in [3.8, 4) is 28.3 Å². The van der Waals surface area contributed by atoms with Gasteiger partial charge >= 0.3 is 0 Å². The van der Waals surface area contributed by atoms with Crippen molar-refractivity contribution in [3.63, 3.8) is 0 Å². The smallest absolute Gasteiger partial charge is 0.119 e. The first-order chi connectivity index (χ1) is 12.8. The molecule has 0 atom stereocenters. The van der Waals surface area contributed by atoms with Crippen LogP contribution in [0.5, 0.6) is 5.75 Å². The van der Waals surface area contributed by atoms with Crippen LogP contribution in [0.4, 0.5) is 5.69 Å². The van der Waals surface area contributed by atoms with Gasteiger partial charge in [0.25, 0.3) is 0 Å².